The predicted octanol–water partition coefficient (Wildman–Crippen LogP) is 3.21. The van der Waals surface area contributed by atoms with E-state index in [1.165, 1.54) is 12.1 Å². The third-order valence-electron chi connectivity index (χ3n) is 3.47. The highest BCUT2D eigenvalue weighted by atomic mass is 35.5. The number of nitrogens with zero attached hydrogens (tertiary/aromatic N) is 1. The molecule has 1 aliphatic rings. The van der Waals surface area contributed by atoms with Crippen molar-refractivity contribution in [3.63, 3.8) is 0 Å². The van der Waals surface area contributed by atoms with Crippen molar-refractivity contribution in [2.45, 2.75) is 44.8 Å². The lowest BCUT2D eigenvalue weighted by molar-refractivity contribution is -0.384. The quantitative estimate of drug-likeness (QED) is 0.683. The van der Waals surface area contributed by atoms with Gasteiger partial charge in [0.25, 0.3) is 5.69 Å². The van der Waals surface area contributed by atoms with Crippen molar-refractivity contribution in [3.05, 3.63) is 32.8 Å². The van der Waals surface area contributed by atoms with Gasteiger partial charge in [0.05, 0.1) is 4.92 Å². The van der Waals surface area contributed by atoms with E-state index in [0.717, 1.165) is 25.7 Å². The molecule has 1 fully saturated rings. The molecule has 1 saturated carbocycles. The highest BCUT2D eigenvalue weighted by molar-refractivity contribution is 6.32. The Labute approximate surface area is 116 Å². The number of nitro groups is 1. The summed E-state index contributed by atoms with van der Waals surface area (Å²) in [6.07, 6.45) is 4.05. The third kappa shape index (κ3) is 3.16. The van der Waals surface area contributed by atoms with Crippen molar-refractivity contribution < 1.29 is 9.66 Å². The van der Waals surface area contributed by atoms with Gasteiger partial charge in [-0.3, -0.25) is 10.1 Å². The smallest absolute Gasteiger partial charge is 0.288 e. The molecule has 2 unspecified atom stereocenters. The molecule has 5 nitrogen and oxygen atoms in total. The second kappa shape index (κ2) is 5.75. The average molecular weight is 285 g/mol. The van der Waals surface area contributed by atoms with Crippen LogP contribution in [-0.2, 0) is 0 Å². The molecule has 0 spiro atoms. The number of halogens is 1. The monoisotopic (exact) mass is 284 g/mol. The molecule has 0 aliphatic heterocycles. The van der Waals surface area contributed by atoms with E-state index in [1.54, 1.807) is 6.92 Å². The second-order valence-electron chi connectivity index (χ2n) is 4.93. The summed E-state index contributed by atoms with van der Waals surface area (Å²) >= 11 is 5.90. The minimum absolute atomic E-state index is 0.0158. The van der Waals surface area contributed by atoms with Gasteiger partial charge in [0.15, 0.2) is 0 Å². The highest BCUT2D eigenvalue weighted by Gasteiger charge is 2.25. The molecule has 1 aliphatic carbocycles. The number of nitro benzene ring substituents is 1. The molecule has 2 rings (SSSR count). The molecule has 0 heterocycles. The number of rotatable bonds is 3. The van der Waals surface area contributed by atoms with Crippen LogP contribution in [0.15, 0.2) is 12.1 Å². The molecule has 1 aromatic carbocycles. The van der Waals surface area contributed by atoms with Crippen molar-refractivity contribution in [2.24, 2.45) is 5.73 Å². The Morgan fingerprint density at radius 3 is 2.74 bits per heavy atom. The third-order valence-corrected chi connectivity index (χ3v) is 3.78. The molecule has 0 amide bonds. The van der Waals surface area contributed by atoms with Crippen LogP contribution < -0.4 is 10.5 Å². The molecule has 6 heteroatoms. The summed E-state index contributed by atoms with van der Waals surface area (Å²) in [6.45, 7) is 1.77. The fraction of sp³-hybridized carbons (Fsp3) is 0.538. The van der Waals surface area contributed by atoms with Gasteiger partial charge in [0, 0.05) is 18.2 Å². The Kier molecular flexibility index (Phi) is 4.27. The van der Waals surface area contributed by atoms with Crippen molar-refractivity contribution >= 4 is 17.3 Å². The maximum Gasteiger partial charge on any atom is 0.288 e. The summed E-state index contributed by atoms with van der Waals surface area (Å²) in [4.78, 5) is 10.3. The number of nitrogens with two attached hydrogens (primary N) is 1. The molecular weight excluding hydrogens is 268 g/mol. The van der Waals surface area contributed by atoms with Crippen LogP contribution in [0, 0.1) is 17.0 Å². The summed E-state index contributed by atoms with van der Waals surface area (Å²) in [7, 11) is 0. The first-order valence-electron chi connectivity index (χ1n) is 6.36. The number of aryl methyl sites for hydroxylation is 1. The van der Waals surface area contributed by atoms with Crippen LogP contribution in [0.5, 0.6) is 5.75 Å². The van der Waals surface area contributed by atoms with Crippen LogP contribution in [-0.4, -0.2) is 17.1 Å². The van der Waals surface area contributed by atoms with E-state index in [-0.39, 0.29) is 22.9 Å². The topological polar surface area (TPSA) is 78.4 Å². The first-order valence-corrected chi connectivity index (χ1v) is 6.73. The number of hydrogen-bond acceptors (Lipinski definition) is 4. The van der Waals surface area contributed by atoms with E-state index in [0.29, 0.717) is 11.3 Å². The van der Waals surface area contributed by atoms with Crippen LogP contribution in [0.4, 0.5) is 5.69 Å². The lowest BCUT2D eigenvalue weighted by Crippen LogP contribution is -2.41. The van der Waals surface area contributed by atoms with E-state index in [2.05, 4.69) is 0 Å². The van der Waals surface area contributed by atoms with E-state index in [9.17, 15) is 10.1 Å². The summed E-state index contributed by atoms with van der Waals surface area (Å²) < 4.78 is 5.88. The number of hydrogen-bond donors (Lipinski definition) is 1. The Morgan fingerprint density at radius 2 is 2.11 bits per heavy atom. The Hall–Kier alpha value is -1.33. The van der Waals surface area contributed by atoms with Crippen LogP contribution >= 0.6 is 11.6 Å². The molecule has 2 atom stereocenters. The lowest BCUT2D eigenvalue weighted by atomic mass is 9.93. The standard InChI is InChI=1S/C13H17ClN2O3/c1-8-6-11(16(17)18)9(14)7-13(8)19-12-5-3-2-4-10(12)15/h6-7,10,12H,2-5,15H2,1H3. The van der Waals surface area contributed by atoms with Gasteiger partial charge in [-0.1, -0.05) is 18.0 Å². The van der Waals surface area contributed by atoms with Crippen molar-refractivity contribution in [1.82, 2.24) is 0 Å². The number of ether oxygens (including phenoxy) is 1. The fourth-order valence-electron chi connectivity index (χ4n) is 2.35. The summed E-state index contributed by atoms with van der Waals surface area (Å²) in [6, 6.07) is 2.96. The maximum absolute atomic E-state index is 10.8. The largest absolute Gasteiger partial charge is 0.488 e. The van der Waals surface area contributed by atoms with Crippen molar-refractivity contribution in [2.75, 3.05) is 0 Å². The van der Waals surface area contributed by atoms with Crippen molar-refractivity contribution in [3.8, 4) is 5.75 Å². The van der Waals surface area contributed by atoms with E-state index < -0.39 is 4.92 Å². The van der Waals surface area contributed by atoms with Gasteiger partial charge in [-0.2, -0.15) is 0 Å². The predicted molar refractivity (Wildman–Crippen MR) is 73.7 cm³/mol. The Bertz CT molecular complexity index is 493. The summed E-state index contributed by atoms with van der Waals surface area (Å²) in [5.74, 6) is 0.581. The Morgan fingerprint density at radius 1 is 1.42 bits per heavy atom. The molecule has 0 radical (unpaired) electrons. The van der Waals surface area contributed by atoms with Crippen LogP contribution in [0.3, 0.4) is 0 Å². The average Bonchev–Trinajstić information content (AvgIpc) is 2.35. The minimum Gasteiger partial charge on any atom is -0.488 e. The first-order chi connectivity index (χ1) is 8.99. The molecule has 0 bridgehead atoms. The zero-order valence-electron chi connectivity index (χ0n) is 10.8. The van der Waals surface area contributed by atoms with Gasteiger partial charge in [-0.15, -0.1) is 0 Å². The van der Waals surface area contributed by atoms with Crippen LogP contribution in [0.25, 0.3) is 0 Å². The lowest BCUT2D eigenvalue weighted by Gasteiger charge is -2.29. The molecule has 1 aromatic rings. The van der Waals surface area contributed by atoms with E-state index >= 15 is 0 Å². The summed E-state index contributed by atoms with van der Waals surface area (Å²) in [5.41, 5.74) is 6.63. The zero-order chi connectivity index (χ0) is 14.0. The fourth-order valence-corrected chi connectivity index (χ4v) is 2.57. The molecular formula is C13H17ClN2O3. The molecule has 2 N–H and O–H groups in total. The highest BCUT2D eigenvalue weighted by Crippen LogP contribution is 2.33. The Balaban J connectivity index is 2.21. The summed E-state index contributed by atoms with van der Waals surface area (Å²) in [5, 5.41) is 10.9. The second-order valence-corrected chi connectivity index (χ2v) is 5.34. The van der Waals surface area contributed by atoms with E-state index in [1.807, 2.05) is 0 Å². The molecule has 19 heavy (non-hydrogen) atoms. The van der Waals surface area contributed by atoms with Gasteiger partial charge < -0.3 is 10.5 Å². The van der Waals surface area contributed by atoms with Crippen LogP contribution in [0.2, 0.25) is 5.02 Å². The minimum atomic E-state index is -0.495. The molecule has 0 saturated heterocycles. The maximum atomic E-state index is 10.8. The molecule has 104 valence electrons. The normalized spacial score (nSPS) is 23.1. The SMILES string of the molecule is Cc1cc([N+](=O)[O-])c(Cl)cc1OC1CCCCC1N. The first kappa shape index (κ1) is 14.1. The van der Waals surface area contributed by atoms with Gasteiger partial charge in [-0.25, -0.2) is 0 Å². The van der Waals surface area contributed by atoms with Crippen molar-refractivity contribution in [1.29, 1.82) is 0 Å². The van der Waals surface area contributed by atoms with Gasteiger partial charge in [-0.05, 0) is 31.7 Å². The van der Waals surface area contributed by atoms with E-state index in [4.69, 9.17) is 22.1 Å². The van der Waals surface area contributed by atoms with Gasteiger partial charge >= 0.3 is 0 Å². The van der Waals surface area contributed by atoms with Gasteiger partial charge in [0.1, 0.15) is 16.9 Å². The van der Waals surface area contributed by atoms with Crippen LogP contribution in [0.1, 0.15) is 31.2 Å². The van der Waals surface area contributed by atoms with Gasteiger partial charge in [0.2, 0.25) is 0 Å². The molecule has 0 aromatic heterocycles. The number of benzene rings is 1. The zero-order valence-corrected chi connectivity index (χ0v) is 11.5.